The Hall–Kier alpha value is -1.85. The van der Waals surface area contributed by atoms with Gasteiger partial charge in [-0.25, -0.2) is 0 Å². The van der Waals surface area contributed by atoms with E-state index in [0.717, 1.165) is 24.1 Å². The number of hydrogen-bond acceptors (Lipinski definition) is 3. The maximum Gasteiger partial charge on any atom is 0.251 e. The molecule has 3 rings (SSSR count). The summed E-state index contributed by atoms with van der Waals surface area (Å²) in [6.07, 6.45) is 1.87. The lowest BCUT2D eigenvalue weighted by Gasteiger charge is -2.23. The Bertz CT molecular complexity index is 573. The molecule has 2 heterocycles. The first-order chi connectivity index (χ1) is 9.33. The van der Waals surface area contributed by atoms with Gasteiger partial charge in [0.25, 0.3) is 5.91 Å². The number of benzene rings is 1. The minimum absolute atomic E-state index is 0.0520. The summed E-state index contributed by atoms with van der Waals surface area (Å²) in [5.41, 5.74) is 1.65. The molecule has 3 N–H and O–H groups in total. The predicted octanol–water partition coefficient (Wildman–Crippen LogP) is 0.886. The van der Waals surface area contributed by atoms with Gasteiger partial charge in [-0.05, 0) is 23.6 Å². The Labute approximate surface area is 111 Å². The normalized spacial score (nSPS) is 19.5. The van der Waals surface area contributed by atoms with Gasteiger partial charge in [-0.2, -0.15) is 0 Å². The highest BCUT2D eigenvalue weighted by Crippen LogP contribution is 2.13. The maximum absolute atomic E-state index is 12.1. The van der Waals surface area contributed by atoms with Gasteiger partial charge in [-0.1, -0.05) is 6.07 Å². The summed E-state index contributed by atoms with van der Waals surface area (Å²) in [5, 5.41) is 7.35. The molecule has 1 aromatic heterocycles. The lowest BCUT2D eigenvalue weighted by atomic mass is 10.1. The summed E-state index contributed by atoms with van der Waals surface area (Å²) < 4.78 is 5.35. The molecule has 5 nitrogen and oxygen atoms in total. The van der Waals surface area contributed by atoms with E-state index in [-0.39, 0.29) is 11.9 Å². The van der Waals surface area contributed by atoms with Gasteiger partial charge in [-0.15, -0.1) is 0 Å². The second-order valence-corrected chi connectivity index (χ2v) is 4.72. The van der Waals surface area contributed by atoms with E-state index in [1.165, 1.54) is 0 Å². The summed E-state index contributed by atoms with van der Waals surface area (Å²) in [5.74, 6) is -0.0520. The van der Waals surface area contributed by atoms with Crippen molar-refractivity contribution in [2.75, 3.05) is 26.3 Å². The molecular weight excluding hydrogens is 242 g/mol. The van der Waals surface area contributed by atoms with Crippen LogP contribution in [0.3, 0.4) is 0 Å². The van der Waals surface area contributed by atoms with Crippen molar-refractivity contribution < 1.29 is 9.53 Å². The Kier molecular flexibility index (Phi) is 3.48. The molecule has 1 fully saturated rings. The van der Waals surface area contributed by atoms with Gasteiger partial charge in [-0.3, -0.25) is 4.79 Å². The molecule has 100 valence electrons. The third kappa shape index (κ3) is 2.77. The smallest absolute Gasteiger partial charge is 0.251 e. The molecule has 1 unspecified atom stereocenters. The first-order valence-electron chi connectivity index (χ1n) is 6.49. The molecule has 5 heteroatoms. The van der Waals surface area contributed by atoms with Crippen LogP contribution in [0.2, 0.25) is 0 Å². The fraction of sp³-hybridized carbons (Fsp3) is 0.357. The topological polar surface area (TPSA) is 66.2 Å². The van der Waals surface area contributed by atoms with Gasteiger partial charge in [0.15, 0.2) is 0 Å². The maximum atomic E-state index is 12.1. The molecule has 19 heavy (non-hydrogen) atoms. The van der Waals surface area contributed by atoms with Gasteiger partial charge < -0.3 is 20.4 Å². The van der Waals surface area contributed by atoms with E-state index in [2.05, 4.69) is 15.6 Å². The summed E-state index contributed by atoms with van der Waals surface area (Å²) in [6, 6.07) is 7.85. The van der Waals surface area contributed by atoms with Crippen molar-refractivity contribution in [2.45, 2.75) is 6.04 Å². The quantitative estimate of drug-likeness (QED) is 0.767. The van der Waals surface area contributed by atoms with Gasteiger partial charge in [0.05, 0.1) is 13.2 Å². The Morgan fingerprint density at radius 3 is 3.21 bits per heavy atom. The number of ether oxygens (including phenoxy) is 1. The van der Waals surface area contributed by atoms with E-state index >= 15 is 0 Å². The van der Waals surface area contributed by atoms with Gasteiger partial charge in [0, 0.05) is 36.4 Å². The van der Waals surface area contributed by atoms with Crippen LogP contribution in [0, 0.1) is 0 Å². The van der Waals surface area contributed by atoms with Crippen LogP contribution in [0.4, 0.5) is 0 Å². The molecule has 0 radical (unpaired) electrons. The van der Waals surface area contributed by atoms with Crippen molar-refractivity contribution in [3.8, 4) is 0 Å². The van der Waals surface area contributed by atoms with Crippen LogP contribution in [0.5, 0.6) is 0 Å². The Morgan fingerprint density at radius 2 is 2.37 bits per heavy atom. The zero-order valence-electron chi connectivity index (χ0n) is 10.6. The number of aromatic amines is 1. The van der Waals surface area contributed by atoms with Crippen LogP contribution in [0.1, 0.15) is 10.4 Å². The second kappa shape index (κ2) is 5.42. The number of amides is 1. The number of aromatic nitrogens is 1. The summed E-state index contributed by atoms with van der Waals surface area (Å²) >= 11 is 0. The molecular formula is C14H17N3O2. The second-order valence-electron chi connectivity index (χ2n) is 4.72. The summed E-state index contributed by atoms with van der Waals surface area (Å²) in [6.45, 7) is 2.82. The number of rotatable bonds is 3. The fourth-order valence-electron chi connectivity index (χ4n) is 2.26. The number of nitrogens with one attached hydrogen (secondary N) is 3. The first-order valence-corrected chi connectivity index (χ1v) is 6.49. The molecule has 1 aliphatic rings. The molecule has 1 saturated heterocycles. The highest BCUT2D eigenvalue weighted by Gasteiger charge is 2.14. The number of morpholine rings is 1. The van der Waals surface area contributed by atoms with Crippen molar-refractivity contribution in [2.24, 2.45) is 0 Å². The average Bonchev–Trinajstić information content (AvgIpc) is 2.93. The van der Waals surface area contributed by atoms with Crippen molar-refractivity contribution in [3.05, 3.63) is 36.0 Å². The average molecular weight is 259 g/mol. The van der Waals surface area contributed by atoms with E-state index in [1.807, 2.05) is 30.5 Å². The van der Waals surface area contributed by atoms with Crippen molar-refractivity contribution in [3.63, 3.8) is 0 Å². The third-order valence-electron chi connectivity index (χ3n) is 3.32. The summed E-state index contributed by atoms with van der Waals surface area (Å²) in [7, 11) is 0. The van der Waals surface area contributed by atoms with Crippen molar-refractivity contribution >= 4 is 16.8 Å². The highest BCUT2D eigenvalue weighted by atomic mass is 16.5. The Balaban J connectivity index is 1.62. The molecule has 0 saturated carbocycles. The SMILES string of the molecule is O=C(NCC1COCCN1)c1ccc2cc[nH]c2c1. The largest absolute Gasteiger partial charge is 0.378 e. The molecule has 0 aliphatic carbocycles. The molecule has 1 amide bonds. The van der Waals surface area contributed by atoms with E-state index in [1.54, 1.807) is 0 Å². The zero-order chi connectivity index (χ0) is 13.1. The van der Waals surface area contributed by atoms with Gasteiger partial charge in [0.2, 0.25) is 0 Å². The van der Waals surface area contributed by atoms with E-state index in [9.17, 15) is 4.79 Å². The Morgan fingerprint density at radius 1 is 1.42 bits per heavy atom. The van der Waals surface area contributed by atoms with Crippen LogP contribution in [0.15, 0.2) is 30.5 Å². The lowest BCUT2D eigenvalue weighted by molar-refractivity contribution is 0.0735. The fourth-order valence-corrected chi connectivity index (χ4v) is 2.26. The van der Waals surface area contributed by atoms with Crippen molar-refractivity contribution in [1.82, 2.24) is 15.6 Å². The molecule has 1 aliphatic heterocycles. The van der Waals surface area contributed by atoms with Crippen LogP contribution < -0.4 is 10.6 Å². The highest BCUT2D eigenvalue weighted by molar-refractivity contribution is 5.97. The van der Waals surface area contributed by atoms with Gasteiger partial charge >= 0.3 is 0 Å². The number of carbonyl (C=O) groups excluding carboxylic acids is 1. The monoisotopic (exact) mass is 259 g/mol. The van der Waals surface area contributed by atoms with E-state index < -0.39 is 0 Å². The van der Waals surface area contributed by atoms with Crippen LogP contribution in [0.25, 0.3) is 10.9 Å². The van der Waals surface area contributed by atoms with E-state index in [4.69, 9.17) is 4.74 Å². The first kappa shape index (κ1) is 12.2. The number of H-pyrrole nitrogens is 1. The predicted molar refractivity (Wildman–Crippen MR) is 73.2 cm³/mol. The molecule has 1 atom stereocenters. The number of fused-ring (bicyclic) bond motifs is 1. The van der Waals surface area contributed by atoms with Gasteiger partial charge in [0.1, 0.15) is 0 Å². The van der Waals surface area contributed by atoms with Crippen LogP contribution in [-0.4, -0.2) is 43.2 Å². The zero-order valence-corrected chi connectivity index (χ0v) is 10.6. The van der Waals surface area contributed by atoms with Crippen LogP contribution in [-0.2, 0) is 4.74 Å². The summed E-state index contributed by atoms with van der Waals surface area (Å²) in [4.78, 5) is 15.2. The third-order valence-corrected chi connectivity index (χ3v) is 3.32. The molecule has 2 aromatic rings. The molecule has 0 bridgehead atoms. The molecule has 0 spiro atoms. The minimum atomic E-state index is -0.0520. The lowest BCUT2D eigenvalue weighted by Crippen LogP contribution is -2.48. The number of carbonyl (C=O) groups is 1. The minimum Gasteiger partial charge on any atom is -0.378 e. The van der Waals surface area contributed by atoms with Crippen molar-refractivity contribution in [1.29, 1.82) is 0 Å². The van der Waals surface area contributed by atoms with E-state index in [0.29, 0.717) is 18.7 Å². The molecule has 1 aromatic carbocycles. The number of hydrogen-bond donors (Lipinski definition) is 3. The van der Waals surface area contributed by atoms with Crippen LogP contribution >= 0.6 is 0 Å². The standard InChI is InChI=1S/C14H17N3O2/c18-14(17-8-12-9-19-6-5-15-12)11-2-1-10-3-4-16-13(10)7-11/h1-4,7,12,15-16H,5-6,8-9H2,(H,17,18).